The topological polar surface area (TPSA) is 99.6 Å². The van der Waals surface area contributed by atoms with Gasteiger partial charge in [0.2, 0.25) is 0 Å². The molecule has 0 fully saturated rings. The van der Waals surface area contributed by atoms with Gasteiger partial charge < -0.3 is 15.3 Å². The Balaban J connectivity index is 2.15. The van der Waals surface area contributed by atoms with Gasteiger partial charge in [0.25, 0.3) is 5.95 Å². The molecule has 2 rings (SSSR count). The smallest absolute Gasteiger partial charge is 0.263 e. The molecule has 0 atom stereocenters. The van der Waals surface area contributed by atoms with Crippen molar-refractivity contribution >= 4 is 12.2 Å². The lowest BCUT2D eigenvalue weighted by Crippen LogP contribution is -2.10. The van der Waals surface area contributed by atoms with Gasteiger partial charge in [-0.3, -0.25) is 0 Å². The van der Waals surface area contributed by atoms with E-state index in [9.17, 15) is 0 Å². The van der Waals surface area contributed by atoms with E-state index in [-0.39, 0.29) is 0 Å². The van der Waals surface area contributed by atoms with Crippen LogP contribution in [0.25, 0.3) is 0 Å². The molecule has 0 saturated heterocycles. The van der Waals surface area contributed by atoms with Crippen LogP contribution < -0.4 is 20.7 Å². The standard InChI is InChI=1S/C11H14N6O2/c1-18-9-3-4-10(19-2)8(5-9)6-13-15-11-16-14-7-17(11)12/h3-7H,12H2,1-2H3,(H,15,16). The summed E-state index contributed by atoms with van der Waals surface area (Å²) in [7, 11) is 3.18. The Morgan fingerprint density at radius 3 is 2.84 bits per heavy atom. The second-order valence-corrected chi connectivity index (χ2v) is 3.54. The molecule has 0 spiro atoms. The van der Waals surface area contributed by atoms with Crippen LogP contribution in [0.4, 0.5) is 5.95 Å². The maximum atomic E-state index is 5.53. The molecule has 0 radical (unpaired) electrons. The number of nitrogen functional groups attached to an aromatic ring is 1. The molecule has 0 bridgehead atoms. The molecule has 0 aliphatic heterocycles. The van der Waals surface area contributed by atoms with Crippen LogP contribution in [-0.4, -0.2) is 35.3 Å². The van der Waals surface area contributed by atoms with Crippen LogP contribution in [-0.2, 0) is 0 Å². The lowest BCUT2D eigenvalue weighted by molar-refractivity contribution is 0.402. The first-order chi connectivity index (χ1) is 9.24. The number of anilines is 1. The van der Waals surface area contributed by atoms with Crippen molar-refractivity contribution in [2.75, 3.05) is 25.5 Å². The quantitative estimate of drug-likeness (QED) is 0.461. The summed E-state index contributed by atoms with van der Waals surface area (Å²) in [5, 5.41) is 11.4. The van der Waals surface area contributed by atoms with Crippen molar-refractivity contribution in [3.05, 3.63) is 30.1 Å². The Hall–Kier alpha value is -2.77. The third kappa shape index (κ3) is 2.92. The number of methoxy groups -OCH3 is 2. The molecule has 0 amide bonds. The van der Waals surface area contributed by atoms with Crippen LogP contribution in [0.3, 0.4) is 0 Å². The van der Waals surface area contributed by atoms with Crippen LogP contribution in [0.2, 0.25) is 0 Å². The zero-order valence-corrected chi connectivity index (χ0v) is 10.6. The van der Waals surface area contributed by atoms with Crippen molar-refractivity contribution in [1.82, 2.24) is 14.9 Å². The number of aromatic nitrogens is 3. The molecule has 0 unspecified atom stereocenters. The summed E-state index contributed by atoms with van der Waals surface area (Å²) in [6.07, 6.45) is 2.94. The van der Waals surface area contributed by atoms with E-state index < -0.39 is 0 Å². The fourth-order valence-corrected chi connectivity index (χ4v) is 1.42. The zero-order valence-electron chi connectivity index (χ0n) is 10.6. The predicted octanol–water partition coefficient (Wildman–Crippen LogP) is 0.455. The number of rotatable bonds is 5. The van der Waals surface area contributed by atoms with Gasteiger partial charge >= 0.3 is 0 Å². The van der Waals surface area contributed by atoms with Gasteiger partial charge in [-0.05, 0) is 18.2 Å². The Kier molecular flexibility index (Phi) is 3.81. The highest BCUT2D eigenvalue weighted by molar-refractivity contribution is 5.84. The maximum absolute atomic E-state index is 5.53. The lowest BCUT2D eigenvalue weighted by Gasteiger charge is -2.06. The number of ether oxygens (including phenoxy) is 2. The molecule has 0 saturated carbocycles. The predicted molar refractivity (Wildman–Crippen MR) is 70.9 cm³/mol. The summed E-state index contributed by atoms with van der Waals surface area (Å²) in [5.74, 6) is 7.26. The summed E-state index contributed by atoms with van der Waals surface area (Å²) < 4.78 is 11.6. The largest absolute Gasteiger partial charge is 0.497 e. The van der Waals surface area contributed by atoms with Gasteiger partial charge in [0.15, 0.2) is 0 Å². The van der Waals surface area contributed by atoms with Gasteiger partial charge in [0.1, 0.15) is 17.8 Å². The minimum Gasteiger partial charge on any atom is -0.497 e. The minimum absolute atomic E-state index is 0.332. The molecule has 3 N–H and O–H groups in total. The van der Waals surface area contributed by atoms with Crippen molar-refractivity contribution in [2.45, 2.75) is 0 Å². The van der Waals surface area contributed by atoms with Crippen LogP contribution >= 0.6 is 0 Å². The van der Waals surface area contributed by atoms with E-state index in [4.69, 9.17) is 15.3 Å². The number of benzene rings is 1. The van der Waals surface area contributed by atoms with Crippen LogP contribution in [0.1, 0.15) is 5.56 Å². The second kappa shape index (κ2) is 5.71. The van der Waals surface area contributed by atoms with Crippen molar-refractivity contribution < 1.29 is 9.47 Å². The van der Waals surface area contributed by atoms with E-state index >= 15 is 0 Å². The molecule has 0 aliphatic carbocycles. The SMILES string of the molecule is COc1ccc(OC)c(C=NNc2nncn2N)c1. The summed E-state index contributed by atoms with van der Waals surface area (Å²) in [6, 6.07) is 5.41. The van der Waals surface area contributed by atoms with Gasteiger partial charge in [-0.15, -0.1) is 10.2 Å². The van der Waals surface area contributed by atoms with Gasteiger partial charge in [-0.2, -0.15) is 5.10 Å². The normalized spacial score (nSPS) is 10.6. The maximum Gasteiger partial charge on any atom is 0.263 e. The average molecular weight is 262 g/mol. The van der Waals surface area contributed by atoms with E-state index in [1.807, 2.05) is 0 Å². The Morgan fingerprint density at radius 2 is 2.21 bits per heavy atom. The summed E-state index contributed by atoms with van der Waals surface area (Å²) in [6.45, 7) is 0. The third-order valence-electron chi connectivity index (χ3n) is 2.38. The highest BCUT2D eigenvalue weighted by Crippen LogP contribution is 2.22. The van der Waals surface area contributed by atoms with Crippen molar-refractivity contribution in [2.24, 2.45) is 5.10 Å². The molecule has 100 valence electrons. The summed E-state index contributed by atoms with van der Waals surface area (Å²) in [4.78, 5) is 0. The fourth-order valence-electron chi connectivity index (χ4n) is 1.42. The molecular formula is C11H14N6O2. The Bertz CT molecular complexity index is 580. The van der Waals surface area contributed by atoms with Crippen LogP contribution in [0.15, 0.2) is 29.6 Å². The molecule has 1 aromatic heterocycles. The van der Waals surface area contributed by atoms with Gasteiger partial charge in [-0.1, -0.05) is 0 Å². The van der Waals surface area contributed by atoms with Crippen molar-refractivity contribution in [3.63, 3.8) is 0 Å². The van der Waals surface area contributed by atoms with E-state index in [1.54, 1.807) is 38.6 Å². The van der Waals surface area contributed by atoms with Gasteiger partial charge in [0.05, 0.1) is 20.4 Å². The Labute approximate surface area is 109 Å². The third-order valence-corrected chi connectivity index (χ3v) is 2.38. The highest BCUT2D eigenvalue weighted by Gasteiger charge is 2.03. The number of hydrogen-bond acceptors (Lipinski definition) is 7. The molecular weight excluding hydrogens is 248 g/mol. The molecule has 1 heterocycles. The van der Waals surface area contributed by atoms with E-state index in [1.165, 1.54) is 11.0 Å². The van der Waals surface area contributed by atoms with Crippen LogP contribution in [0, 0.1) is 0 Å². The number of hydrogen-bond donors (Lipinski definition) is 2. The van der Waals surface area contributed by atoms with E-state index in [0.29, 0.717) is 17.4 Å². The number of nitrogens with one attached hydrogen (secondary N) is 1. The van der Waals surface area contributed by atoms with Crippen LogP contribution in [0.5, 0.6) is 11.5 Å². The molecule has 2 aromatic rings. The summed E-state index contributed by atoms with van der Waals surface area (Å²) in [5.41, 5.74) is 3.43. The molecule has 8 nitrogen and oxygen atoms in total. The van der Waals surface area contributed by atoms with E-state index in [0.717, 1.165) is 5.56 Å². The van der Waals surface area contributed by atoms with Crippen molar-refractivity contribution in [1.29, 1.82) is 0 Å². The first-order valence-corrected chi connectivity index (χ1v) is 5.41. The highest BCUT2D eigenvalue weighted by atomic mass is 16.5. The van der Waals surface area contributed by atoms with Crippen molar-refractivity contribution in [3.8, 4) is 11.5 Å². The fraction of sp³-hybridized carbons (Fsp3) is 0.182. The monoisotopic (exact) mass is 262 g/mol. The number of nitrogens with two attached hydrogens (primary N) is 1. The Morgan fingerprint density at radius 1 is 1.37 bits per heavy atom. The second-order valence-electron chi connectivity index (χ2n) is 3.54. The molecule has 0 aliphatic rings. The average Bonchev–Trinajstić information content (AvgIpc) is 2.84. The first-order valence-electron chi connectivity index (χ1n) is 5.41. The zero-order chi connectivity index (χ0) is 13.7. The first kappa shape index (κ1) is 12.7. The molecule has 1 aromatic carbocycles. The van der Waals surface area contributed by atoms with Gasteiger partial charge in [-0.25, -0.2) is 10.1 Å². The summed E-state index contributed by atoms with van der Waals surface area (Å²) >= 11 is 0. The van der Waals surface area contributed by atoms with E-state index in [2.05, 4.69) is 20.7 Å². The minimum atomic E-state index is 0.332. The lowest BCUT2D eigenvalue weighted by atomic mass is 10.2. The number of nitrogens with zero attached hydrogens (tertiary/aromatic N) is 4. The number of hydrazone groups is 1. The van der Waals surface area contributed by atoms with Gasteiger partial charge in [0, 0.05) is 5.56 Å². The molecule has 19 heavy (non-hydrogen) atoms. The molecule has 8 heteroatoms.